The van der Waals surface area contributed by atoms with Crippen molar-refractivity contribution in [3.05, 3.63) is 34.9 Å². The van der Waals surface area contributed by atoms with Gasteiger partial charge < -0.3 is 4.74 Å². The van der Waals surface area contributed by atoms with E-state index in [4.69, 9.17) is 4.74 Å². The highest BCUT2D eigenvalue weighted by Crippen LogP contribution is 2.17. The smallest absolute Gasteiger partial charge is 0.325 e. The fourth-order valence-corrected chi connectivity index (χ4v) is 2.10. The summed E-state index contributed by atoms with van der Waals surface area (Å²) in [5.41, 5.74) is 3.33. The summed E-state index contributed by atoms with van der Waals surface area (Å²) in [5.74, 6) is -0.198. The predicted octanol–water partition coefficient (Wildman–Crippen LogP) is 2.73. The first-order valence-corrected chi connectivity index (χ1v) is 6.65. The molecule has 0 heterocycles. The van der Waals surface area contributed by atoms with E-state index in [1.807, 2.05) is 25.8 Å². The van der Waals surface area contributed by atoms with Crippen molar-refractivity contribution in [3.63, 3.8) is 0 Å². The number of ether oxygens (including phenoxy) is 1. The lowest BCUT2D eigenvalue weighted by Crippen LogP contribution is -2.49. The van der Waals surface area contributed by atoms with Crippen molar-refractivity contribution < 1.29 is 9.53 Å². The lowest BCUT2D eigenvalue weighted by atomic mass is 10.00. The first-order valence-electron chi connectivity index (χ1n) is 6.65. The van der Waals surface area contributed by atoms with E-state index in [-0.39, 0.29) is 5.97 Å². The van der Waals surface area contributed by atoms with Crippen LogP contribution in [-0.4, -0.2) is 37.1 Å². The topological polar surface area (TPSA) is 29.5 Å². The van der Waals surface area contributed by atoms with Crippen LogP contribution in [0.2, 0.25) is 0 Å². The van der Waals surface area contributed by atoms with Crippen molar-refractivity contribution in [2.75, 3.05) is 20.7 Å². The van der Waals surface area contributed by atoms with Crippen LogP contribution >= 0.6 is 0 Å². The molecular formula is C16H25NO2. The number of benzene rings is 1. The minimum absolute atomic E-state index is 0.198. The van der Waals surface area contributed by atoms with Crippen molar-refractivity contribution in [2.24, 2.45) is 0 Å². The van der Waals surface area contributed by atoms with E-state index in [1.54, 1.807) is 0 Å². The van der Waals surface area contributed by atoms with Crippen LogP contribution in [0.5, 0.6) is 0 Å². The van der Waals surface area contributed by atoms with E-state index in [1.165, 1.54) is 23.8 Å². The van der Waals surface area contributed by atoms with Gasteiger partial charge in [0.15, 0.2) is 0 Å². The molecule has 0 aromatic heterocycles. The molecule has 0 aliphatic heterocycles. The minimum atomic E-state index is -0.590. The first-order chi connectivity index (χ1) is 8.78. The molecule has 19 heavy (non-hydrogen) atoms. The fraction of sp³-hybridized carbons (Fsp3) is 0.562. The maximum Gasteiger partial charge on any atom is 0.325 e. The van der Waals surface area contributed by atoms with Crippen LogP contribution in [0.4, 0.5) is 0 Å². The van der Waals surface area contributed by atoms with E-state index in [2.05, 4.69) is 32.0 Å². The fourth-order valence-electron chi connectivity index (χ4n) is 2.10. The van der Waals surface area contributed by atoms with Crippen LogP contribution in [0.1, 0.15) is 30.5 Å². The first kappa shape index (κ1) is 15.7. The van der Waals surface area contributed by atoms with Gasteiger partial charge in [0, 0.05) is 6.54 Å². The summed E-state index contributed by atoms with van der Waals surface area (Å²) in [7, 11) is 3.39. The zero-order valence-electron chi connectivity index (χ0n) is 12.9. The van der Waals surface area contributed by atoms with Crippen molar-refractivity contribution in [1.82, 2.24) is 4.90 Å². The molecule has 0 fully saturated rings. The maximum atomic E-state index is 11.7. The molecule has 0 bridgehead atoms. The average Bonchev–Trinajstić information content (AvgIpc) is 2.36. The Labute approximate surface area is 116 Å². The molecule has 0 unspecified atom stereocenters. The van der Waals surface area contributed by atoms with Crippen molar-refractivity contribution in [2.45, 2.75) is 39.7 Å². The molecule has 0 atom stereocenters. The van der Waals surface area contributed by atoms with E-state index < -0.39 is 5.54 Å². The molecule has 0 saturated carbocycles. The molecule has 0 N–H and O–H groups in total. The van der Waals surface area contributed by atoms with Gasteiger partial charge in [0.2, 0.25) is 0 Å². The highest BCUT2D eigenvalue weighted by atomic mass is 16.5. The van der Waals surface area contributed by atoms with Gasteiger partial charge in [0.05, 0.1) is 7.11 Å². The molecule has 106 valence electrons. The third-order valence-corrected chi connectivity index (χ3v) is 3.85. The van der Waals surface area contributed by atoms with Crippen LogP contribution in [0.3, 0.4) is 0 Å². The zero-order valence-corrected chi connectivity index (χ0v) is 12.9. The van der Waals surface area contributed by atoms with E-state index in [0.717, 1.165) is 13.0 Å². The molecule has 0 radical (unpaired) electrons. The Morgan fingerprint density at radius 2 is 1.95 bits per heavy atom. The summed E-state index contributed by atoms with van der Waals surface area (Å²) in [6.45, 7) is 8.84. The normalized spacial score (nSPS) is 11.7. The molecule has 0 amide bonds. The summed E-state index contributed by atoms with van der Waals surface area (Å²) in [4.78, 5) is 13.8. The lowest BCUT2D eigenvalue weighted by molar-refractivity contribution is -0.152. The van der Waals surface area contributed by atoms with Gasteiger partial charge in [-0.2, -0.15) is 0 Å². The van der Waals surface area contributed by atoms with Crippen LogP contribution in [0.25, 0.3) is 0 Å². The number of aryl methyl sites for hydroxylation is 2. The monoisotopic (exact) mass is 263 g/mol. The van der Waals surface area contributed by atoms with Gasteiger partial charge >= 0.3 is 5.97 Å². The Hall–Kier alpha value is -1.35. The van der Waals surface area contributed by atoms with Crippen LogP contribution in [0, 0.1) is 13.8 Å². The summed E-state index contributed by atoms with van der Waals surface area (Å²) in [6, 6.07) is 6.50. The van der Waals surface area contributed by atoms with Crippen LogP contribution in [-0.2, 0) is 16.0 Å². The number of hydrogen-bond acceptors (Lipinski definition) is 3. The molecule has 1 rings (SSSR count). The molecule has 3 heteroatoms. The summed E-state index contributed by atoms with van der Waals surface area (Å²) < 4.78 is 4.85. The maximum absolute atomic E-state index is 11.7. The SMILES string of the molecule is COC(=O)C(C)(C)N(C)CCc1ccc(C)cc1C. The number of carbonyl (C=O) groups excluding carboxylic acids is 1. The Balaban J connectivity index is 2.68. The third kappa shape index (κ3) is 3.80. The quantitative estimate of drug-likeness (QED) is 0.765. The third-order valence-electron chi connectivity index (χ3n) is 3.85. The highest BCUT2D eigenvalue weighted by molar-refractivity contribution is 5.79. The summed E-state index contributed by atoms with van der Waals surface area (Å²) in [6.07, 6.45) is 0.934. The van der Waals surface area contributed by atoms with Gasteiger partial charge in [0.25, 0.3) is 0 Å². The highest BCUT2D eigenvalue weighted by Gasteiger charge is 2.32. The van der Waals surface area contributed by atoms with Crippen molar-refractivity contribution in [1.29, 1.82) is 0 Å². The second-order valence-corrected chi connectivity index (χ2v) is 5.65. The number of hydrogen-bond donors (Lipinski definition) is 0. The number of carbonyl (C=O) groups is 1. The molecule has 0 aliphatic carbocycles. The molecule has 0 aliphatic rings. The predicted molar refractivity (Wildman–Crippen MR) is 78.3 cm³/mol. The van der Waals surface area contributed by atoms with Gasteiger partial charge in [-0.05, 0) is 52.3 Å². The largest absolute Gasteiger partial charge is 0.468 e. The molecule has 1 aromatic rings. The van der Waals surface area contributed by atoms with Crippen molar-refractivity contribution >= 4 is 5.97 Å². The number of rotatable bonds is 5. The molecule has 0 spiro atoms. The van der Waals surface area contributed by atoms with Gasteiger partial charge in [-0.15, -0.1) is 0 Å². The van der Waals surface area contributed by atoms with E-state index in [9.17, 15) is 4.79 Å². The Morgan fingerprint density at radius 3 is 2.47 bits per heavy atom. The second-order valence-electron chi connectivity index (χ2n) is 5.65. The van der Waals surface area contributed by atoms with Crippen LogP contribution < -0.4 is 0 Å². The van der Waals surface area contributed by atoms with E-state index in [0.29, 0.717) is 0 Å². The van der Waals surface area contributed by atoms with Crippen LogP contribution in [0.15, 0.2) is 18.2 Å². The minimum Gasteiger partial charge on any atom is -0.468 e. The number of esters is 1. The van der Waals surface area contributed by atoms with Crippen molar-refractivity contribution in [3.8, 4) is 0 Å². The van der Waals surface area contributed by atoms with Gasteiger partial charge in [0.1, 0.15) is 5.54 Å². The number of nitrogens with zero attached hydrogens (tertiary/aromatic N) is 1. The van der Waals surface area contributed by atoms with Gasteiger partial charge in [-0.3, -0.25) is 9.69 Å². The standard InChI is InChI=1S/C16H25NO2/c1-12-7-8-14(13(2)11-12)9-10-17(5)16(3,4)15(18)19-6/h7-8,11H,9-10H2,1-6H3. The lowest BCUT2D eigenvalue weighted by Gasteiger charge is -2.32. The summed E-state index contributed by atoms with van der Waals surface area (Å²) >= 11 is 0. The molecule has 0 saturated heterocycles. The average molecular weight is 263 g/mol. The number of methoxy groups -OCH3 is 1. The van der Waals surface area contributed by atoms with E-state index >= 15 is 0 Å². The number of likely N-dealkylation sites (N-methyl/N-ethyl adjacent to an activating group) is 1. The Bertz CT molecular complexity index is 452. The van der Waals surface area contributed by atoms with Gasteiger partial charge in [-0.25, -0.2) is 0 Å². The summed E-state index contributed by atoms with van der Waals surface area (Å²) in [5, 5.41) is 0. The Kier molecular flexibility index (Phi) is 5.12. The molecule has 3 nitrogen and oxygen atoms in total. The molecule has 1 aromatic carbocycles. The second kappa shape index (κ2) is 6.20. The zero-order chi connectivity index (χ0) is 14.6. The molecular weight excluding hydrogens is 238 g/mol. The Morgan fingerprint density at radius 1 is 1.32 bits per heavy atom. The van der Waals surface area contributed by atoms with Gasteiger partial charge in [-0.1, -0.05) is 23.8 Å².